The number of hydrogen-bond acceptors (Lipinski definition) is 8. The Morgan fingerprint density at radius 1 is 1.55 bits per heavy atom. The van der Waals surface area contributed by atoms with Crippen molar-refractivity contribution in [1.82, 2.24) is 4.37 Å². The van der Waals surface area contributed by atoms with E-state index < -0.39 is 15.9 Å². The van der Waals surface area contributed by atoms with Crippen molar-refractivity contribution in [3.63, 3.8) is 0 Å². The van der Waals surface area contributed by atoms with Crippen LogP contribution in [0.25, 0.3) is 0 Å². The van der Waals surface area contributed by atoms with E-state index in [2.05, 4.69) is 9.69 Å². The minimum Gasteiger partial charge on any atom is -0.391 e. The highest BCUT2D eigenvalue weighted by Crippen LogP contribution is 2.32. The van der Waals surface area contributed by atoms with Crippen molar-refractivity contribution in [2.24, 2.45) is 0 Å². The van der Waals surface area contributed by atoms with Crippen molar-refractivity contribution in [1.29, 1.82) is 0 Å². The fourth-order valence-corrected chi connectivity index (χ4v) is 4.35. The van der Waals surface area contributed by atoms with Crippen LogP contribution in [0, 0.1) is 0 Å². The molecule has 9 heteroatoms. The molecule has 0 amide bonds. The van der Waals surface area contributed by atoms with E-state index in [-0.39, 0.29) is 23.1 Å². The summed E-state index contributed by atoms with van der Waals surface area (Å²) in [6.45, 7) is 2.45. The first-order valence-corrected chi connectivity index (χ1v) is 8.73. The second kappa shape index (κ2) is 7.77. The molecule has 0 aliphatic carbocycles. The molecule has 1 aromatic heterocycles. The molecule has 7 nitrogen and oxygen atoms in total. The van der Waals surface area contributed by atoms with Gasteiger partial charge in [0.05, 0.1) is 18.5 Å². The van der Waals surface area contributed by atoms with E-state index in [4.69, 9.17) is 10.5 Å². The van der Waals surface area contributed by atoms with Crippen LogP contribution in [0.5, 0.6) is 0 Å². The number of nitrogens with two attached hydrogens (primary N) is 1. The number of methoxy groups -OCH3 is 1. The van der Waals surface area contributed by atoms with Gasteiger partial charge in [0.1, 0.15) is 9.90 Å². The number of sulfone groups is 1. The van der Waals surface area contributed by atoms with Gasteiger partial charge in [-0.3, -0.25) is 0 Å². The Hall–Kier alpha value is -0.900. The highest BCUT2D eigenvalue weighted by Gasteiger charge is 2.24. The van der Waals surface area contributed by atoms with Crippen LogP contribution >= 0.6 is 11.5 Å². The number of aliphatic hydroxyl groups is 1. The van der Waals surface area contributed by atoms with Gasteiger partial charge in [0.15, 0.2) is 15.7 Å². The molecule has 0 aromatic carbocycles. The van der Waals surface area contributed by atoms with Gasteiger partial charge in [-0.1, -0.05) is 6.92 Å². The van der Waals surface area contributed by atoms with E-state index in [1.807, 2.05) is 0 Å². The standard InChI is InChI=1S/C11H21N3O4S2/c1-3-6-20(16,17)9-10(12)14-19-11(9)13-5-4-8(15)7-18-2/h8,13,15H,3-7H2,1-2H3,(H2,12,14). The lowest BCUT2D eigenvalue weighted by molar-refractivity contribution is 0.0615. The van der Waals surface area contributed by atoms with E-state index in [1.54, 1.807) is 6.92 Å². The third-order valence-electron chi connectivity index (χ3n) is 2.58. The molecule has 20 heavy (non-hydrogen) atoms. The third-order valence-corrected chi connectivity index (χ3v) is 5.51. The molecular weight excluding hydrogens is 302 g/mol. The lowest BCUT2D eigenvalue weighted by Crippen LogP contribution is -2.19. The van der Waals surface area contributed by atoms with Gasteiger partial charge in [-0.15, -0.1) is 0 Å². The topological polar surface area (TPSA) is 115 Å². The van der Waals surface area contributed by atoms with Crippen LogP contribution < -0.4 is 11.1 Å². The quantitative estimate of drug-likeness (QED) is 0.613. The summed E-state index contributed by atoms with van der Waals surface area (Å²) in [4.78, 5) is 0.0746. The highest BCUT2D eigenvalue weighted by molar-refractivity contribution is 7.91. The zero-order valence-corrected chi connectivity index (χ0v) is 13.3. The molecule has 1 aromatic rings. The van der Waals surface area contributed by atoms with E-state index in [0.717, 1.165) is 11.5 Å². The summed E-state index contributed by atoms with van der Waals surface area (Å²) >= 11 is 1.02. The Kier molecular flexibility index (Phi) is 6.66. The highest BCUT2D eigenvalue weighted by atomic mass is 32.2. The van der Waals surface area contributed by atoms with Gasteiger partial charge in [-0.25, -0.2) is 8.42 Å². The summed E-state index contributed by atoms with van der Waals surface area (Å²) in [5.41, 5.74) is 5.65. The SMILES string of the molecule is CCCS(=O)(=O)c1c(N)nsc1NCCC(O)COC. The van der Waals surface area contributed by atoms with E-state index in [0.29, 0.717) is 24.4 Å². The minimum atomic E-state index is -3.42. The molecule has 116 valence electrons. The van der Waals surface area contributed by atoms with Gasteiger partial charge in [0, 0.05) is 13.7 Å². The van der Waals surface area contributed by atoms with Crippen LogP contribution in [-0.2, 0) is 14.6 Å². The molecule has 0 spiro atoms. The largest absolute Gasteiger partial charge is 0.391 e. The maximum absolute atomic E-state index is 12.1. The number of nitrogen functional groups attached to an aromatic ring is 1. The molecule has 0 radical (unpaired) electrons. The summed E-state index contributed by atoms with van der Waals surface area (Å²) in [6.07, 6.45) is 0.371. The Bertz CT molecular complexity index is 516. The van der Waals surface area contributed by atoms with Gasteiger partial charge in [-0.2, -0.15) is 4.37 Å². The number of nitrogens with one attached hydrogen (secondary N) is 1. The normalized spacial score (nSPS) is 13.3. The van der Waals surface area contributed by atoms with Gasteiger partial charge >= 0.3 is 0 Å². The van der Waals surface area contributed by atoms with Crippen LogP contribution in [0.15, 0.2) is 4.90 Å². The van der Waals surface area contributed by atoms with Crippen molar-refractivity contribution in [3.8, 4) is 0 Å². The second-order valence-corrected chi connectivity index (χ2v) is 7.19. The molecule has 0 fully saturated rings. The first kappa shape index (κ1) is 17.2. The van der Waals surface area contributed by atoms with Crippen molar-refractivity contribution in [2.75, 3.05) is 37.1 Å². The van der Waals surface area contributed by atoms with Crippen LogP contribution in [0.4, 0.5) is 10.8 Å². The maximum atomic E-state index is 12.1. The second-order valence-electron chi connectivity index (χ2n) is 4.37. The summed E-state index contributed by atoms with van der Waals surface area (Å²) in [7, 11) is -1.91. The lowest BCUT2D eigenvalue weighted by atomic mass is 10.3. The van der Waals surface area contributed by atoms with E-state index >= 15 is 0 Å². The van der Waals surface area contributed by atoms with Crippen molar-refractivity contribution in [3.05, 3.63) is 0 Å². The van der Waals surface area contributed by atoms with Gasteiger partial charge < -0.3 is 20.9 Å². The molecule has 4 N–H and O–H groups in total. The molecule has 0 saturated heterocycles. The van der Waals surface area contributed by atoms with Crippen LogP contribution in [0.3, 0.4) is 0 Å². The average Bonchev–Trinajstić information content (AvgIpc) is 2.71. The fraction of sp³-hybridized carbons (Fsp3) is 0.727. The fourth-order valence-electron chi connectivity index (χ4n) is 1.71. The predicted molar refractivity (Wildman–Crippen MR) is 79.9 cm³/mol. The number of aromatic nitrogens is 1. The van der Waals surface area contributed by atoms with E-state index in [9.17, 15) is 13.5 Å². The molecule has 1 unspecified atom stereocenters. The molecular formula is C11H21N3O4S2. The molecule has 1 atom stereocenters. The van der Waals surface area contributed by atoms with Crippen molar-refractivity contribution >= 4 is 32.2 Å². The first-order chi connectivity index (χ1) is 9.42. The van der Waals surface area contributed by atoms with Crippen molar-refractivity contribution in [2.45, 2.75) is 30.8 Å². The first-order valence-electron chi connectivity index (χ1n) is 6.31. The number of anilines is 2. The van der Waals surface area contributed by atoms with Gasteiger partial charge in [0.25, 0.3) is 0 Å². The zero-order chi connectivity index (χ0) is 15.2. The minimum absolute atomic E-state index is 0.0309. The average molecular weight is 323 g/mol. The Morgan fingerprint density at radius 2 is 2.25 bits per heavy atom. The summed E-state index contributed by atoms with van der Waals surface area (Å²) in [6, 6.07) is 0. The molecule has 0 saturated carbocycles. The molecule has 1 heterocycles. The number of aliphatic hydroxyl groups excluding tert-OH is 1. The van der Waals surface area contributed by atoms with Crippen LogP contribution in [0.1, 0.15) is 19.8 Å². The number of hydrogen-bond donors (Lipinski definition) is 3. The van der Waals surface area contributed by atoms with E-state index in [1.165, 1.54) is 7.11 Å². The zero-order valence-electron chi connectivity index (χ0n) is 11.6. The number of ether oxygens (including phenoxy) is 1. The van der Waals surface area contributed by atoms with Crippen LogP contribution in [0.2, 0.25) is 0 Å². The predicted octanol–water partition coefficient (Wildman–Crippen LogP) is 0.718. The van der Waals surface area contributed by atoms with Gasteiger partial charge in [0.2, 0.25) is 0 Å². The monoisotopic (exact) mass is 323 g/mol. The van der Waals surface area contributed by atoms with Gasteiger partial charge in [-0.05, 0) is 24.4 Å². The Balaban J connectivity index is 2.73. The third kappa shape index (κ3) is 4.58. The Morgan fingerprint density at radius 3 is 2.85 bits per heavy atom. The number of nitrogens with zero attached hydrogens (tertiary/aromatic N) is 1. The van der Waals surface area contributed by atoms with Crippen molar-refractivity contribution < 1.29 is 18.3 Å². The Labute approximate surface area is 123 Å². The maximum Gasteiger partial charge on any atom is 0.185 e. The lowest BCUT2D eigenvalue weighted by Gasteiger charge is -2.11. The molecule has 0 aliphatic rings. The molecule has 1 rings (SSSR count). The summed E-state index contributed by atoms with van der Waals surface area (Å²) in [5, 5.41) is 12.9. The van der Waals surface area contributed by atoms with Crippen LogP contribution in [-0.4, -0.2) is 50.0 Å². The molecule has 0 bridgehead atoms. The number of rotatable bonds is 9. The molecule has 0 aliphatic heterocycles. The summed E-state index contributed by atoms with van der Waals surface area (Å²) in [5.74, 6) is 0.0692. The summed E-state index contributed by atoms with van der Waals surface area (Å²) < 4.78 is 32.9. The smallest absolute Gasteiger partial charge is 0.185 e.